The first kappa shape index (κ1) is 25.4. The zero-order chi connectivity index (χ0) is 21.4. The molecule has 1 aliphatic heterocycles. The van der Waals surface area contributed by atoms with Gasteiger partial charge in [0.15, 0.2) is 5.96 Å². The van der Waals surface area contributed by atoms with Crippen LogP contribution in [0.15, 0.2) is 59.7 Å². The van der Waals surface area contributed by atoms with E-state index in [1.807, 2.05) is 25.4 Å². The van der Waals surface area contributed by atoms with E-state index in [1.54, 1.807) is 0 Å². The number of aliphatic imine (C=N–C) groups is 1. The summed E-state index contributed by atoms with van der Waals surface area (Å²) in [5.41, 5.74) is 1.22. The van der Waals surface area contributed by atoms with Crippen LogP contribution in [0.4, 0.5) is 5.82 Å². The second-order valence-electron chi connectivity index (χ2n) is 8.68. The fourth-order valence-electron chi connectivity index (χ4n) is 3.95. The van der Waals surface area contributed by atoms with E-state index in [2.05, 4.69) is 88.0 Å². The van der Waals surface area contributed by atoms with Crippen LogP contribution < -0.4 is 20.9 Å². The van der Waals surface area contributed by atoms with Crippen LogP contribution in [0, 0.1) is 0 Å². The number of halogens is 1. The molecular weight excluding hydrogens is 499 g/mol. The molecule has 0 saturated carbocycles. The highest BCUT2D eigenvalue weighted by molar-refractivity contribution is 14.0. The maximum atomic E-state index is 4.47. The highest BCUT2D eigenvalue weighted by Crippen LogP contribution is 2.18. The van der Waals surface area contributed by atoms with Gasteiger partial charge >= 0.3 is 0 Å². The lowest BCUT2D eigenvalue weighted by Crippen LogP contribution is -2.54. The molecule has 0 spiro atoms. The van der Waals surface area contributed by atoms with Gasteiger partial charge in [0.1, 0.15) is 5.82 Å². The van der Waals surface area contributed by atoms with E-state index in [4.69, 9.17) is 0 Å². The molecule has 2 aromatic rings. The standard InChI is InChI=1S/C24H36N6.HI/c1-19(20-10-6-5-7-11-20)29-24(2,3)18-27-23(25-4)28-21-13-16-30(17-14-21)22-12-8-9-15-26-22;/h5-12,15,19,21,29H,13-14,16-18H2,1-4H3,(H2,25,27,28);1H. The van der Waals surface area contributed by atoms with E-state index in [0.29, 0.717) is 6.04 Å². The maximum Gasteiger partial charge on any atom is 0.191 e. The van der Waals surface area contributed by atoms with E-state index in [0.717, 1.165) is 44.3 Å². The van der Waals surface area contributed by atoms with Gasteiger partial charge in [0.05, 0.1) is 0 Å². The van der Waals surface area contributed by atoms with Crippen molar-refractivity contribution in [2.24, 2.45) is 4.99 Å². The number of benzene rings is 1. The van der Waals surface area contributed by atoms with Crippen molar-refractivity contribution in [1.29, 1.82) is 0 Å². The Hall–Kier alpha value is -1.87. The number of anilines is 1. The Morgan fingerprint density at radius 1 is 1.13 bits per heavy atom. The topological polar surface area (TPSA) is 64.6 Å². The van der Waals surface area contributed by atoms with Crippen molar-refractivity contribution in [2.75, 3.05) is 31.6 Å². The number of rotatable bonds is 7. The van der Waals surface area contributed by atoms with Crippen LogP contribution >= 0.6 is 24.0 Å². The lowest BCUT2D eigenvalue weighted by molar-refractivity contribution is 0.343. The fraction of sp³-hybridized carbons (Fsp3) is 0.500. The molecule has 7 heteroatoms. The average Bonchev–Trinajstić information content (AvgIpc) is 2.78. The summed E-state index contributed by atoms with van der Waals surface area (Å²) in [6.45, 7) is 9.45. The molecule has 1 aromatic carbocycles. The third-order valence-corrected chi connectivity index (χ3v) is 5.64. The Labute approximate surface area is 204 Å². The molecule has 0 bridgehead atoms. The van der Waals surface area contributed by atoms with Crippen LogP contribution in [0.3, 0.4) is 0 Å². The van der Waals surface area contributed by atoms with E-state index in [-0.39, 0.29) is 35.6 Å². The number of nitrogens with zero attached hydrogens (tertiary/aromatic N) is 3. The van der Waals surface area contributed by atoms with Crippen LogP contribution in [0.2, 0.25) is 0 Å². The van der Waals surface area contributed by atoms with E-state index in [1.165, 1.54) is 5.56 Å². The molecular formula is C24H37IN6. The van der Waals surface area contributed by atoms with E-state index in [9.17, 15) is 0 Å². The maximum absolute atomic E-state index is 4.47. The van der Waals surface area contributed by atoms with Crippen LogP contribution in [-0.4, -0.2) is 49.2 Å². The molecule has 1 saturated heterocycles. The Morgan fingerprint density at radius 3 is 2.42 bits per heavy atom. The zero-order valence-corrected chi connectivity index (χ0v) is 21.5. The molecule has 31 heavy (non-hydrogen) atoms. The van der Waals surface area contributed by atoms with Crippen molar-refractivity contribution in [3.63, 3.8) is 0 Å². The summed E-state index contributed by atoms with van der Waals surface area (Å²) in [6, 6.07) is 17.4. The summed E-state index contributed by atoms with van der Waals surface area (Å²) >= 11 is 0. The van der Waals surface area contributed by atoms with Crippen molar-refractivity contribution in [3.8, 4) is 0 Å². The van der Waals surface area contributed by atoms with Crippen LogP contribution in [0.1, 0.15) is 45.2 Å². The molecule has 1 fully saturated rings. The SMILES string of the molecule is CN=C(NCC(C)(C)NC(C)c1ccccc1)NC1CCN(c2ccccn2)CC1.I. The predicted octanol–water partition coefficient (Wildman–Crippen LogP) is 3.96. The van der Waals surface area contributed by atoms with E-state index >= 15 is 0 Å². The molecule has 1 aliphatic rings. The van der Waals surface area contributed by atoms with Crippen molar-refractivity contribution in [3.05, 3.63) is 60.3 Å². The van der Waals surface area contributed by atoms with Crippen LogP contribution in [-0.2, 0) is 0 Å². The number of hydrogen-bond acceptors (Lipinski definition) is 4. The lowest BCUT2D eigenvalue weighted by atomic mass is 10.0. The van der Waals surface area contributed by atoms with Gasteiger partial charge < -0.3 is 20.9 Å². The van der Waals surface area contributed by atoms with Gasteiger partial charge in [0.2, 0.25) is 0 Å². The van der Waals surface area contributed by atoms with Crippen LogP contribution in [0.5, 0.6) is 0 Å². The summed E-state index contributed by atoms with van der Waals surface area (Å²) < 4.78 is 0. The van der Waals surface area contributed by atoms with Gasteiger partial charge in [0.25, 0.3) is 0 Å². The summed E-state index contributed by atoms with van der Waals surface area (Å²) in [5, 5.41) is 10.8. The number of pyridine rings is 1. The number of hydrogen-bond donors (Lipinski definition) is 3. The second kappa shape index (κ2) is 12.2. The molecule has 2 heterocycles. The van der Waals surface area contributed by atoms with Gasteiger partial charge in [-0.15, -0.1) is 24.0 Å². The third kappa shape index (κ3) is 7.96. The number of nitrogens with one attached hydrogen (secondary N) is 3. The summed E-state index contributed by atoms with van der Waals surface area (Å²) in [4.78, 5) is 11.3. The summed E-state index contributed by atoms with van der Waals surface area (Å²) in [6.07, 6.45) is 4.01. The fourth-order valence-corrected chi connectivity index (χ4v) is 3.95. The third-order valence-electron chi connectivity index (χ3n) is 5.64. The molecule has 3 rings (SSSR count). The molecule has 1 atom stereocenters. The Bertz CT molecular complexity index is 788. The highest BCUT2D eigenvalue weighted by atomic mass is 127. The molecule has 0 amide bonds. The molecule has 170 valence electrons. The van der Waals surface area contributed by atoms with Gasteiger partial charge in [-0.05, 0) is 51.3 Å². The van der Waals surface area contributed by atoms with Gasteiger partial charge in [0, 0.05) is 50.5 Å². The van der Waals surface area contributed by atoms with Gasteiger partial charge in [-0.3, -0.25) is 4.99 Å². The number of aromatic nitrogens is 1. The normalized spacial score (nSPS) is 16.4. The molecule has 3 N–H and O–H groups in total. The average molecular weight is 537 g/mol. The Balaban J connectivity index is 0.00000341. The van der Waals surface area contributed by atoms with Gasteiger partial charge in [-0.1, -0.05) is 36.4 Å². The quantitative estimate of drug-likeness (QED) is 0.284. The van der Waals surface area contributed by atoms with Crippen LogP contribution in [0.25, 0.3) is 0 Å². The molecule has 0 radical (unpaired) electrons. The zero-order valence-electron chi connectivity index (χ0n) is 19.1. The van der Waals surface area contributed by atoms with Crippen molar-refractivity contribution in [1.82, 2.24) is 20.9 Å². The van der Waals surface area contributed by atoms with Gasteiger partial charge in [-0.25, -0.2) is 4.98 Å². The molecule has 0 aliphatic carbocycles. The lowest BCUT2D eigenvalue weighted by Gasteiger charge is -2.35. The van der Waals surface area contributed by atoms with Crippen molar-refractivity contribution < 1.29 is 0 Å². The minimum absolute atomic E-state index is 0. The first-order valence-electron chi connectivity index (χ1n) is 10.9. The summed E-state index contributed by atoms with van der Waals surface area (Å²) in [7, 11) is 1.84. The molecule has 6 nitrogen and oxygen atoms in total. The predicted molar refractivity (Wildman–Crippen MR) is 141 cm³/mol. The van der Waals surface area contributed by atoms with Crippen molar-refractivity contribution >= 4 is 35.8 Å². The Kier molecular flexibility index (Phi) is 10.0. The highest BCUT2D eigenvalue weighted by Gasteiger charge is 2.23. The minimum Gasteiger partial charge on any atom is -0.356 e. The smallest absolute Gasteiger partial charge is 0.191 e. The molecule has 1 aromatic heterocycles. The first-order chi connectivity index (χ1) is 14.5. The second-order valence-corrected chi connectivity index (χ2v) is 8.68. The number of guanidine groups is 1. The Morgan fingerprint density at radius 2 is 1.81 bits per heavy atom. The minimum atomic E-state index is -0.0742. The largest absolute Gasteiger partial charge is 0.356 e. The summed E-state index contributed by atoms with van der Waals surface area (Å²) in [5.74, 6) is 1.94. The van der Waals surface area contributed by atoms with Gasteiger partial charge in [-0.2, -0.15) is 0 Å². The number of piperidine rings is 1. The monoisotopic (exact) mass is 536 g/mol. The van der Waals surface area contributed by atoms with E-state index < -0.39 is 0 Å². The first-order valence-corrected chi connectivity index (χ1v) is 10.9. The molecule has 1 unspecified atom stereocenters. The van der Waals surface area contributed by atoms with Crippen molar-refractivity contribution in [2.45, 2.75) is 51.2 Å².